The monoisotopic (exact) mass is 284 g/mol. The van der Waals surface area contributed by atoms with Crippen molar-refractivity contribution in [3.8, 4) is 0 Å². The minimum Gasteiger partial charge on any atom is -0.207 e. The van der Waals surface area contributed by atoms with E-state index in [9.17, 15) is 8.78 Å². The van der Waals surface area contributed by atoms with E-state index in [-0.39, 0.29) is 18.8 Å². The van der Waals surface area contributed by atoms with Gasteiger partial charge in [0.15, 0.2) is 0 Å². The first-order valence-corrected chi connectivity index (χ1v) is 8.27. The van der Waals surface area contributed by atoms with Gasteiger partial charge in [0.1, 0.15) is 0 Å². The molecule has 0 nitrogen and oxygen atoms in total. The molecule has 0 spiro atoms. The summed E-state index contributed by atoms with van der Waals surface area (Å²) in [6.07, 6.45) is 7.51. The molecule has 0 aromatic heterocycles. The summed E-state index contributed by atoms with van der Waals surface area (Å²) in [5, 5.41) is 0. The van der Waals surface area contributed by atoms with Gasteiger partial charge in [0.2, 0.25) is 0 Å². The number of hydrogen-bond acceptors (Lipinski definition) is 0. The van der Waals surface area contributed by atoms with Gasteiger partial charge in [-0.25, -0.2) is 8.78 Å². The smallest absolute Gasteiger partial charge is 0.207 e. The normalized spacial score (nSPS) is 35.6. The molecule has 4 atom stereocenters. The van der Waals surface area contributed by atoms with E-state index in [0.29, 0.717) is 16.9 Å². The van der Waals surface area contributed by atoms with Crippen molar-refractivity contribution in [3.05, 3.63) is 12.2 Å². The number of fused-ring (bicyclic) bond motifs is 1. The Morgan fingerprint density at radius 1 is 1.30 bits per heavy atom. The van der Waals surface area contributed by atoms with Gasteiger partial charge in [0, 0.05) is 12.8 Å². The topological polar surface area (TPSA) is 0 Å². The maximum Gasteiger partial charge on any atom is 0.252 e. The second-order valence-corrected chi connectivity index (χ2v) is 7.80. The number of rotatable bonds is 5. The van der Waals surface area contributed by atoms with Crippen molar-refractivity contribution in [3.63, 3.8) is 0 Å². The zero-order valence-corrected chi connectivity index (χ0v) is 13.4. The highest BCUT2D eigenvalue weighted by Crippen LogP contribution is 2.58. The summed E-state index contributed by atoms with van der Waals surface area (Å²) in [7, 11) is 0. The first-order chi connectivity index (χ1) is 9.24. The Hall–Kier alpha value is -0.400. The number of halogens is 2. The summed E-state index contributed by atoms with van der Waals surface area (Å²) in [5.41, 5.74) is 0.923. The first-order valence-electron chi connectivity index (χ1n) is 8.27. The van der Waals surface area contributed by atoms with Crippen molar-refractivity contribution in [2.75, 3.05) is 0 Å². The fourth-order valence-electron chi connectivity index (χ4n) is 5.16. The van der Waals surface area contributed by atoms with Crippen LogP contribution in [0.1, 0.15) is 72.1 Å². The average molecular weight is 284 g/mol. The predicted molar refractivity (Wildman–Crippen MR) is 80.9 cm³/mol. The van der Waals surface area contributed by atoms with Gasteiger partial charge in [0.25, 0.3) is 5.92 Å². The molecule has 0 saturated heterocycles. The number of hydrogen-bond donors (Lipinski definition) is 0. The summed E-state index contributed by atoms with van der Waals surface area (Å²) >= 11 is 0. The van der Waals surface area contributed by atoms with Crippen molar-refractivity contribution in [2.24, 2.45) is 23.2 Å². The first kappa shape index (κ1) is 16.0. The summed E-state index contributed by atoms with van der Waals surface area (Å²) in [4.78, 5) is 0. The minimum atomic E-state index is -2.58. The van der Waals surface area contributed by atoms with Gasteiger partial charge in [-0.05, 0) is 55.8 Å². The van der Waals surface area contributed by atoms with Gasteiger partial charge in [0.05, 0.1) is 0 Å². The van der Waals surface area contributed by atoms with Crippen molar-refractivity contribution >= 4 is 0 Å². The molecule has 0 unspecified atom stereocenters. The lowest BCUT2D eigenvalue weighted by molar-refractivity contribution is -0.0412. The SMILES string of the molecule is C=C(C)CC(F)(F)C[C@@H](C)[C@H]1CC[C@H]2CCCC[C@]21C. The Labute approximate surface area is 123 Å². The molecule has 116 valence electrons. The highest BCUT2D eigenvalue weighted by molar-refractivity contribution is 5.00. The van der Waals surface area contributed by atoms with E-state index < -0.39 is 5.92 Å². The Morgan fingerprint density at radius 2 is 2.00 bits per heavy atom. The van der Waals surface area contributed by atoms with Crippen molar-refractivity contribution in [2.45, 2.75) is 78.1 Å². The quantitative estimate of drug-likeness (QED) is 0.526. The lowest BCUT2D eigenvalue weighted by Gasteiger charge is -2.43. The van der Waals surface area contributed by atoms with E-state index in [1.807, 2.05) is 0 Å². The largest absolute Gasteiger partial charge is 0.252 e. The summed E-state index contributed by atoms with van der Waals surface area (Å²) in [5.74, 6) is -1.17. The molecule has 0 aromatic rings. The van der Waals surface area contributed by atoms with Crippen LogP contribution in [0.4, 0.5) is 8.78 Å². The van der Waals surface area contributed by atoms with E-state index in [0.717, 1.165) is 12.3 Å². The van der Waals surface area contributed by atoms with Crippen LogP contribution in [-0.4, -0.2) is 5.92 Å². The molecule has 2 heteroatoms. The molecule has 0 heterocycles. The molecule has 0 bridgehead atoms. The van der Waals surface area contributed by atoms with Crippen LogP contribution in [0, 0.1) is 23.2 Å². The van der Waals surface area contributed by atoms with Crippen LogP contribution >= 0.6 is 0 Å². The van der Waals surface area contributed by atoms with Gasteiger partial charge in [-0.2, -0.15) is 0 Å². The standard InChI is InChI=1S/C18H30F2/c1-13(2)11-18(19,20)12-14(3)16-9-8-15-7-5-6-10-17(15,16)4/h14-16H,1,5-12H2,2-4H3/t14-,15-,16-,17-/m1/s1. The third kappa shape index (κ3) is 3.26. The van der Waals surface area contributed by atoms with Crippen LogP contribution in [-0.2, 0) is 0 Å². The maximum atomic E-state index is 14.1. The predicted octanol–water partition coefficient (Wildman–Crippen LogP) is 6.22. The van der Waals surface area contributed by atoms with E-state index >= 15 is 0 Å². The molecule has 2 rings (SSSR count). The summed E-state index contributed by atoms with van der Waals surface area (Å²) < 4.78 is 28.1. The maximum absolute atomic E-state index is 14.1. The van der Waals surface area contributed by atoms with Crippen molar-refractivity contribution < 1.29 is 8.78 Å². The molecule has 0 aliphatic heterocycles. The third-order valence-corrected chi connectivity index (χ3v) is 5.99. The molecule has 2 saturated carbocycles. The summed E-state index contributed by atoms with van der Waals surface area (Å²) in [6, 6.07) is 0. The van der Waals surface area contributed by atoms with Crippen LogP contribution in [0.3, 0.4) is 0 Å². The zero-order valence-electron chi connectivity index (χ0n) is 13.4. The molecule has 2 aliphatic rings. The van der Waals surface area contributed by atoms with E-state index in [2.05, 4.69) is 20.4 Å². The van der Waals surface area contributed by atoms with E-state index in [4.69, 9.17) is 0 Å². The lowest BCUT2D eigenvalue weighted by atomic mass is 9.62. The Balaban J connectivity index is 2.02. The lowest BCUT2D eigenvalue weighted by Crippen LogP contribution is -2.36. The van der Waals surface area contributed by atoms with Crippen LogP contribution in [0.25, 0.3) is 0 Å². The molecule has 2 aliphatic carbocycles. The van der Waals surface area contributed by atoms with Gasteiger partial charge >= 0.3 is 0 Å². The molecule has 0 radical (unpaired) electrons. The van der Waals surface area contributed by atoms with Gasteiger partial charge in [-0.1, -0.05) is 38.8 Å². The molecular weight excluding hydrogens is 254 g/mol. The molecule has 0 N–H and O–H groups in total. The van der Waals surface area contributed by atoms with Gasteiger partial charge in [-0.3, -0.25) is 0 Å². The van der Waals surface area contributed by atoms with E-state index in [1.165, 1.54) is 32.1 Å². The Bertz CT molecular complexity index is 360. The van der Waals surface area contributed by atoms with Crippen LogP contribution in [0.5, 0.6) is 0 Å². The second kappa shape index (κ2) is 5.77. The highest BCUT2D eigenvalue weighted by Gasteiger charge is 2.50. The summed E-state index contributed by atoms with van der Waals surface area (Å²) in [6.45, 7) is 9.78. The zero-order chi connectivity index (χ0) is 15.0. The molecule has 0 amide bonds. The molecule has 2 fully saturated rings. The molecule has 0 aromatic carbocycles. The Kier molecular flexibility index (Phi) is 4.61. The Morgan fingerprint density at radius 3 is 2.65 bits per heavy atom. The molecule has 20 heavy (non-hydrogen) atoms. The fourth-order valence-corrected chi connectivity index (χ4v) is 5.16. The van der Waals surface area contributed by atoms with Crippen LogP contribution in [0.2, 0.25) is 0 Å². The van der Waals surface area contributed by atoms with Crippen LogP contribution in [0.15, 0.2) is 12.2 Å². The van der Waals surface area contributed by atoms with Crippen LogP contribution < -0.4 is 0 Å². The minimum absolute atomic E-state index is 0.0346. The second-order valence-electron chi connectivity index (χ2n) is 7.80. The average Bonchev–Trinajstić information content (AvgIpc) is 2.63. The van der Waals surface area contributed by atoms with Crippen molar-refractivity contribution in [1.29, 1.82) is 0 Å². The fraction of sp³-hybridized carbons (Fsp3) is 0.889. The highest BCUT2D eigenvalue weighted by atomic mass is 19.3. The molecular formula is C18H30F2. The van der Waals surface area contributed by atoms with Crippen molar-refractivity contribution in [1.82, 2.24) is 0 Å². The van der Waals surface area contributed by atoms with Gasteiger partial charge in [-0.15, -0.1) is 0 Å². The van der Waals surface area contributed by atoms with Gasteiger partial charge < -0.3 is 0 Å². The third-order valence-electron chi connectivity index (χ3n) is 5.99. The number of allylic oxidation sites excluding steroid dienone is 1. The van der Waals surface area contributed by atoms with E-state index in [1.54, 1.807) is 6.92 Å². The number of alkyl halides is 2.